The van der Waals surface area contributed by atoms with Crippen LogP contribution in [0.4, 0.5) is 0 Å². The molecular weight excluding hydrogens is 344 g/mol. The smallest absolute Gasteiger partial charge is 0.273 e. The Morgan fingerprint density at radius 3 is 2.62 bits per heavy atom. The first-order valence-electron chi connectivity index (χ1n) is 8.62. The maximum atomic E-state index is 13.0. The van der Waals surface area contributed by atoms with E-state index in [1.807, 2.05) is 11.0 Å². The number of amides is 1. The van der Waals surface area contributed by atoms with Crippen LogP contribution in [0.5, 0.6) is 0 Å². The normalized spacial score (nSPS) is 18.8. The largest absolute Gasteiger partial charge is 0.336 e. The summed E-state index contributed by atoms with van der Waals surface area (Å²) in [6.45, 7) is 5.88. The van der Waals surface area contributed by atoms with E-state index >= 15 is 0 Å². The summed E-state index contributed by atoms with van der Waals surface area (Å²) < 4.78 is 0. The number of likely N-dealkylation sites (tertiary alicyclic amines) is 1. The second-order valence-electron chi connectivity index (χ2n) is 7.25. The molecule has 0 unspecified atom stereocenters. The monoisotopic (exact) mass is 364 g/mol. The van der Waals surface area contributed by atoms with Gasteiger partial charge in [0.15, 0.2) is 10.8 Å². The Hall–Kier alpha value is -2.60. The minimum Gasteiger partial charge on any atom is -0.336 e. The fraction of sp³-hybridized carbons (Fsp3) is 0.300. The van der Waals surface area contributed by atoms with Gasteiger partial charge in [0.25, 0.3) is 5.91 Å². The molecule has 2 aromatic heterocycles. The molecule has 5 nitrogen and oxygen atoms in total. The minimum atomic E-state index is -0.0186. The first kappa shape index (κ1) is 16.8. The number of hydrogen-bond acceptors (Lipinski definition) is 5. The van der Waals surface area contributed by atoms with Gasteiger partial charge in [0.05, 0.1) is 0 Å². The van der Waals surface area contributed by atoms with Crippen molar-refractivity contribution >= 4 is 17.2 Å². The molecule has 1 amide bonds. The Labute approximate surface area is 156 Å². The third-order valence-corrected chi connectivity index (χ3v) is 5.75. The number of benzene rings is 1. The summed E-state index contributed by atoms with van der Waals surface area (Å²) in [5.41, 5.74) is 1.78. The summed E-state index contributed by atoms with van der Waals surface area (Å²) in [5.74, 6) is 0.860. The van der Waals surface area contributed by atoms with Crippen molar-refractivity contribution in [3.05, 3.63) is 65.4 Å². The fourth-order valence-corrected chi connectivity index (χ4v) is 4.32. The molecule has 1 aliphatic heterocycles. The van der Waals surface area contributed by atoms with Crippen molar-refractivity contribution in [1.82, 2.24) is 19.9 Å². The van der Waals surface area contributed by atoms with Crippen molar-refractivity contribution in [3.8, 4) is 10.8 Å². The van der Waals surface area contributed by atoms with Crippen molar-refractivity contribution in [1.29, 1.82) is 0 Å². The number of aromatic nitrogens is 3. The van der Waals surface area contributed by atoms with Gasteiger partial charge in [0, 0.05) is 36.8 Å². The first-order valence-corrected chi connectivity index (χ1v) is 9.50. The van der Waals surface area contributed by atoms with Crippen LogP contribution in [0.25, 0.3) is 10.8 Å². The molecule has 3 aromatic rings. The molecule has 1 fully saturated rings. The van der Waals surface area contributed by atoms with Crippen LogP contribution in [-0.2, 0) is 0 Å². The van der Waals surface area contributed by atoms with E-state index in [0.29, 0.717) is 29.0 Å². The molecule has 3 heterocycles. The maximum Gasteiger partial charge on any atom is 0.273 e. The Kier molecular flexibility index (Phi) is 4.28. The van der Waals surface area contributed by atoms with E-state index in [-0.39, 0.29) is 11.3 Å². The molecule has 1 aliphatic rings. The summed E-state index contributed by atoms with van der Waals surface area (Å²) in [7, 11) is 0. The topological polar surface area (TPSA) is 59.0 Å². The van der Waals surface area contributed by atoms with E-state index in [4.69, 9.17) is 0 Å². The lowest BCUT2D eigenvalue weighted by Gasteiger charge is -2.25. The molecule has 4 rings (SSSR count). The summed E-state index contributed by atoms with van der Waals surface area (Å²) in [6, 6.07) is 12.2. The zero-order chi connectivity index (χ0) is 18.1. The van der Waals surface area contributed by atoms with Crippen LogP contribution in [-0.4, -0.2) is 38.8 Å². The number of rotatable bonds is 3. The lowest BCUT2D eigenvalue weighted by atomic mass is 9.78. The lowest BCUT2D eigenvalue weighted by Crippen LogP contribution is -2.30. The van der Waals surface area contributed by atoms with Gasteiger partial charge in [-0.05, 0) is 17.0 Å². The van der Waals surface area contributed by atoms with Gasteiger partial charge in [-0.1, -0.05) is 44.2 Å². The molecule has 1 aromatic carbocycles. The minimum absolute atomic E-state index is 0.0186. The quantitative estimate of drug-likeness (QED) is 0.708. The van der Waals surface area contributed by atoms with Crippen molar-refractivity contribution in [2.45, 2.75) is 19.8 Å². The average Bonchev–Trinajstić information content (AvgIpc) is 3.27. The molecule has 0 aliphatic carbocycles. The van der Waals surface area contributed by atoms with E-state index in [0.717, 1.165) is 6.54 Å². The fourth-order valence-electron chi connectivity index (χ4n) is 3.58. The molecule has 6 heteroatoms. The Morgan fingerprint density at radius 2 is 1.88 bits per heavy atom. The molecule has 0 spiro atoms. The van der Waals surface area contributed by atoms with Crippen molar-refractivity contribution in [2.75, 3.05) is 13.1 Å². The third-order valence-electron chi connectivity index (χ3n) is 4.91. The van der Waals surface area contributed by atoms with Crippen LogP contribution in [0.3, 0.4) is 0 Å². The van der Waals surface area contributed by atoms with Crippen LogP contribution in [0.15, 0.2) is 54.2 Å². The highest BCUT2D eigenvalue weighted by atomic mass is 32.1. The Bertz CT molecular complexity index is 908. The van der Waals surface area contributed by atoms with Crippen LogP contribution >= 0.6 is 11.3 Å². The molecule has 0 saturated carbocycles. The zero-order valence-electron chi connectivity index (χ0n) is 14.8. The van der Waals surface area contributed by atoms with Gasteiger partial charge in [-0.2, -0.15) is 0 Å². The predicted octanol–water partition coefficient (Wildman–Crippen LogP) is 3.87. The standard InChI is InChI=1S/C20H20N4OS/c1-20(2)13-24(11-15(20)14-7-4-3-5-8-14)19(25)16-12-26-18(23-16)17-21-9-6-10-22-17/h3-10,12,15H,11,13H2,1-2H3/t15-/m0/s1. The van der Waals surface area contributed by atoms with Crippen molar-refractivity contribution in [3.63, 3.8) is 0 Å². The highest BCUT2D eigenvalue weighted by Crippen LogP contribution is 2.42. The summed E-state index contributed by atoms with van der Waals surface area (Å²) in [5, 5.41) is 2.48. The van der Waals surface area contributed by atoms with E-state index in [1.165, 1.54) is 16.9 Å². The number of carbonyl (C=O) groups is 1. The predicted molar refractivity (Wildman–Crippen MR) is 102 cm³/mol. The van der Waals surface area contributed by atoms with Crippen molar-refractivity contribution in [2.24, 2.45) is 5.41 Å². The summed E-state index contributed by atoms with van der Waals surface area (Å²) in [4.78, 5) is 27.8. The number of nitrogens with zero attached hydrogens (tertiary/aromatic N) is 4. The van der Waals surface area contributed by atoms with Crippen molar-refractivity contribution < 1.29 is 4.79 Å². The van der Waals surface area contributed by atoms with Gasteiger partial charge >= 0.3 is 0 Å². The first-order chi connectivity index (χ1) is 12.5. The Morgan fingerprint density at radius 1 is 1.15 bits per heavy atom. The highest BCUT2D eigenvalue weighted by molar-refractivity contribution is 7.13. The molecule has 0 radical (unpaired) electrons. The number of thiazole rings is 1. The van der Waals surface area contributed by atoms with Gasteiger partial charge in [-0.3, -0.25) is 4.79 Å². The van der Waals surface area contributed by atoms with Gasteiger partial charge in [0.2, 0.25) is 0 Å². The van der Waals surface area contributed by atoms with Gasteiger partial charge < -0.3 is 4.90 Å². The highest BCUT2D eigenvalue weighted by Gasteiger charge is 2.42. The molecule has 0 bridgehead atoms. The lowest BCUT2D eigenvalue weighted by molar-refractivity contribution is 0.0773. The molecular formula is C20H20N4OS. The maximum absolute atomic E-state index is 13.0. The van der Waals surface area contributed by atoms with Gasteiger partial charge in [-0.25, -0.2) is 15.0 Å². The average molecular weight is 364 g/mol. The molecule has 1 saturated heterocycles. The van der Waals surface area contributed by atoms with Crippen LogP contribution in [0, 0.1) is 5.41 Å². The van der Waals surface area contributed by atoms with Crippen LogP contribution in [0.1, 0.15) is 35.8 Å². The second kappa shape index (κ2) is 6.61. The van der Waals surface area contributed by atoms with Crippen LogP contribution in [0.2, 0.25) is 0 Å². The third kappa shape index (κ3) is 3.12. The van der Waals surface area contributed by atoms with E-state index in [9.17, 15) is 4.79 Å². The zero-order valence-corrected chi connectivity index (χ0v) is 15.6. The number of carbonyl (C=O) groups excluding carboxylic acids is 1. The SMILES string of the molecule is CC1(C)CN(C(=O)c2csc(-c3ncccn3)n2)C[C@H]1c1ccccc1. The Balaban J connectivity index is 1.55. The molecule has 26 heavy (non-hydrogen) atoms. The summed E-state index contributed by atoms with van der Waals surface area (Å²) >= 11 is 1.40. The van der Waals surface area contributed by atoms with Gasteiger partial charge in [0.1, 0.15) is 5.69 Å². The molecule has 0 N–H and O–H groups in total. The van der Waals surface area contributed by atoms with Gasteiger partial charge in [-0.15, -0.1) is 11.3 Å². The van der Waals surface area contributed by atoms with E-state index in [1.54, 1.807) is 23.8 Å². The second-order valence-corrected chi connectivity index (χ2v) is 8.11. The van der Waals surface area contributed by atoms with Crippen LogP contribution < -0.4 is 0 Å². The summed E-state index contributed by atoms with van der Waals surface area (Å²) in [6.07, 6.45) is 3.36. The molecule has 132 valence electrons. The van der Waals surface area contributed by atoms with E-state index in [2.05, 4.69) is 53.1 Å². The number of hydrogen-bond donors (Lipinski definition) is 0. The van der Waals surface area contributed by atoms with E-state index < -0.39 is 0 Å². The molecule has 1 atom stereocenters.